The Kier molecular flexibility index (Phi) is 5.34. The van der Waals surface area contributed by atoms with E-state index in [9.17, 15) is 19.2 Å². The Morgan fingerprint density at radius 2 is 0.891 bits per heavy atom. The number of aromatic amines is 2. The van der Waals surface area contributed by atoms with Gasteiger partial charge in [-0.3, -0.25) is 19.2 Å². The topological polar surface area (TPSA) is 126 Å². The molecule has 46 heavy (non-hydrogen) atoms. The summed E-state index contributed by atoms with van der Waals surface area (Å²) in [5, 5.41) is 5.35. The Bertz CT molecular complexity index is 2540. The van der Waals surface area contributed by atoms with Crippen LogP contribution in [-0.4, -0.2) is 44.1 Å². The lowest BCUT2D eigenvalue weighted by Crippen LogP contribution is -2.10. The van der Waals surface area contributed by atoms with Crippen LogP contribution in [0.2, 0.25) is 0 Å². The minimum atomic E-state index is -0.369. The standard InChI is InChI=1S/C38H18N4O4/c43-17-19-9-11-21-23-13-15-25(35(45)37-39-27-5-1-2-6-28(27)40-37)34-26(36(46)38-41-29-7-3-4-8-30(29)42-38)16-14-24(33(23)34)22-12-10-20(18-44)31(19)32(21)22/h1-16H,(H,39,40)(H,41,42). The summed E-state index contributed by atoms with van der Waals surface area (Å²) in [6.07, 6.45) is 3.93. The Morgan fingerprint density at radius 3 is 1.33 bits per heavy atom. The highest BCUT2D eigenvalue weighted by molar-refractivity contribution is 6.39. The fourth-order valence-corrected chi connectivity index (χ4v) is 6.81. The number of rotatable bonds is 6. The van der Waals surface area contributed by atoms with Gasteiger partial charge in [0.15, 0.2) is 11.6 Å². The van der Waals surface area contributed by atoms with Crippen molar-refractivity contribution in [3.63, 3.8) is 0 Å². The minimum Gasteiger partial charge on any atom is -0.335 e. The zero-order valence-electron chi connectivity index (χ0n) is 23.8. The maximum Gasteiger partial charge on any atom is 0.234 e. The number of benzene rings is 7. The molecule has 8 nitrogen and oxygen atoms in total. The molecule has 2 aromatic heterocycles. The summed E-state index contributed by atoms with van der Waals surface area (Å²) in [7, 11) is 0. The van der Waals surface area contributed by atoms with Crippen molar-refractivity contribution >= 4 is 89.3 Å². The molecule has 9 aromatic rings. The quantitative estimate of drug-likeness (QED) is 0.123. The van der Waals surface area contributed by atoms with Crippen LogP contribution in [0.15, 0.2) is 97.1 Å². The van der Waals surface area contributed by atoms with Gasteiger partial charge in [-0.25, -0.2) is 9.97 Å². The van der Waals surface area contributed by atoms with Crippen LogP contribution >= 0.6 is 0 Å². The largest absolute Gasteiger partial charge is 0.335 e. The van der Waals surface area contributed by atoms with E-state index in [1.807, 2.05) is 85.4 Å². The Hall–Kier alpha value is -6.54. The number of para-hydroxylation sites is 4. The van der Waals surface area contributed by atoms with Gasteiger partial charge in [-0.1, -0.05) is 48.5 Å². The average Bonchev–Trinajstić information content (AvgIpc) is 3.74. The number of aromatic nitrogens is 4. The fraction of sp³-hybridized carbons (Fsp3) is 0. The van der Waals surface area contributed by atoms with E-state index in [-0.39, 0.29) is 34.3 Å². The van der Waals surface area contributed by atoms with Crippen molar-refractivity contribution in [2.45, 2.75) is 0 Å². The Balaban J connectivity index is 1.41. The summed E-state index contributed by atoms with van der Waals surface area (Å²) in [4.78, 5) is 67.9. The molecule has 214 valence electrons. The lowest BCUT2D eigenvalue weighted by Gasteiger charge is -2.19. The SMILES string of the molecule is O=[C]c1ccc2c3ccc(C(=O)c4nc5ccccc5[nH]4)c4c(C(=O)c5nc6ccccc6[nH]5)ccc(c5ccc([C]=O)c1c25)c43. The predicted octanol–water partition coefficient (Wildman–Crippen LogP) is 6.87. The third-order valence-electron chi connectivity index (χ3n) is 8.82. The Morgan fingerprint density at radius 1 is 0.478 bits per heavy atom. The first kappa shape index (κ1) is 25.9. The lowest BCUT2D eigenvalue weighted by atomic mass is 9.83. The fourth-order valence-electron chi connectivity index (χ4n) is 6.81. The molecule has 2 N–H and O–H groups in total. The average molecular weight is 595 g/mol. The molecule has 0 aliphatic heterocycles. The molecule has 0 spiro atoms. The van der Waals surface area contributed by atoms with Crippen LogP contribution in [-0.2, 0) is 9.59 Å². The van der Waals surface area contributed by atoms with E-state index in [1.165, 1.54) is 0 Å². The number of nitrogens with one attached hydrogen (secondary N) is 2. The van der Waals surface area contributed by atoms with Gasteiger partial charge in [-0.2, -0.15) is 0 Å². The third kappa shape index (κ3) is 3.49. The second kappa shape index (κ2) is 9.48. The molecule has 7 aromatic carbocycles. The van der Waals surface area contributed by atoms with E-state index in [0.29, 0.717) is 43.7 Å². The molecular formula is C38H18N4O4. The van der Waals surface area contributed by atoms with E-state index in [0.717, 1.165) is 32.6 Å². The molecule has 2 radical (unpaired) electrons. The molecule has 0 aliphatic rings. The highest BCUT2D eigenvalue weighted by atomic mass is 16.1. The molecule has 2 heterocycles. The first-order valence-corrected chi connectivity index (χ1v) is 14.5. The number of carbonyl (C=O) groups is 2. The zero-order chi connectivity index (χ0) is 31.1. The molecular weight excluding hydrogens is 576 g/mol. The zero-order valence-corrected chi connectivity index (χ0v) is 23.8. The molecule has 9 rings (SSSR count). The van der Waals surface area contributed by atoms with Crippen LogP contribution in [0.5, 0.6) is 0 Å². The summed E-state index contributed by atoms with van der Waals surface area (Å²) >= 11 is 0. The van der Waals surface area contributed by atoms with E-state index in [2.05, 4.69) is 19.9 Å². The van der Waals surface area contributed by atoms with Crippen LogP contribution < -0.4 is 0 Å². The molecule has 0 unspecified atom stereocenters. The van der Waals surface area contributed by atoms with Gasteiger partial charge in [0.1, 0.15) is 0 Å². The van der Waals surface area contributed by atoms with Gasteiger partial charge in [0, 0.05) is 33.0 Å². The second-order valence-corrected chi connectivity index (χ2v) is 11.2. The smallest absolute Gasteiger partial charge is 0.234 e. The van der Waals surface area contributed by atoms with Crippen molar-refractivity contribution < 1.29 is 19.2 Å². The first-order valence-electron chi connectivity index (χ1n) is 14.5. The number of imidazole rings is 2. The minimum absolute atomic E-state index is 0.152. The van der Waals surface area contributed by atoms with Gasteiger partial charge in [-0.05, 0) is 80.8 Å². The predicted molar refractivity (Wildman–Crippen MR) is 176 cm³/mol. The summed E-state index contributed by atoms with van der Waals surface area (Å²) in [6.45, 7) is 0. The maximum absolute atomic E-state index is 14.3. The van der Waals surface area contributed by atoms with Gasteiger partial charge in [0.2, 0.25) is 24.1 Å². The molecule has 0 atom stereocenters. The number of carbonyl (C=O) groups excluding carboxylic acids is 4. The second-order valence-electron chi connectivity index (χ2n) is 11.2. The summed E-state index contributed by atoms with van der Waals surface area (Å²) in [5.41, 5.74) is 3.86. The highest BCUT2D eigenvalue weighted by Crippen LogP contribution is 2.44. The third-order valence-corrected chi connectivity index (χ3v) is 8.82. The first-order chi connectivity index (χ1) is 22.6. The molecule has 0 amide bonds. The van der Waals surface area contributed by atoms with Crippen molar-refractivity contribution in [3.8, 4) is 0 Å². The number of ketones is 2. The summed E-state index contributed by atoms with van der Waals surface area (Å²) in [6, 6.07) is 28.8. The number of nitrogens with zero attached hydrogens (tertiary/aromatic N) is 2. The van der Waals surface area contributed by atoms with Gasteiger partial charge >= 0.3 is 0 Å². The van der Waals surface area contributed by atoms with Crippen molar-refractivity contribution in [2.24, 2.45) is 0 Å². The monoisotopic (exact) mass is 594 g/mol. The molecule has 0 saturated carbocycles. The van der Waals surface area contributed by atoms with Crippen molar-refractivity contribution in [1.29, 1.82) is 0 Å². The number of fused-ring (bicyclic) bond motifs is 4. The molecule has 0 saturated heterocycles. The summed E-state index contributed by atoms with van der Waals surface area (Å²) < 4.78 is 0. The van der Waals surface area contributed by atoms with Crippen LogP contribution in [0.4, 0.5) is 0 Å². The number of hydrogen-bond donors (Lipinski definition) is 2. The van der Waals surface area contributed by atoms with Crippen molar-refractivity contribution in [1.82, 2.24) is 19.9 Å². The van der Waals surface area contributed by atoms with Gasteiger partial charge in [-0.15, -0.1) is 0 Å². The van der Waals surface area contributed by atoms with Gasteiger partial charge in [0.05, 0.1) is 22.1 Å². The van der Waals surface area contributed by atoms with E-state index in [4.69, 9.17) is 0 Å². The summed E-state index contributed by atoms with van der Waals surface area (Å²) in [5.74, 6) is -0.433. The van der Waals surface area contributed by atoms with E-state index in [1.54, 1.807) is 24.3 Å². The Labute approximate surface area is 259 Å². The normalized spacial score (nSPS) is 11.8. The molecule has 8 heteroatoms. The maximum atomic E-state index is 14.3. The van der Waals surface area contributed by atoms with E-state index >= 15 is 0 Å². The van der Waals surface area contributed by atoms with Gasteiger partial charge < -0.3 is 9.97 Å². The van der Waals surface area contributed by atoms with Crippen LogP contribution in [0, 0.1) is 0 Å². The number of hydrogen-bond acceptors (Lipinski definition) is 6. The van der Waals surface area contributed by atoms with Crippen LogP contribution in [0.25, 0.3) is 65.2 Å². The highest BCUT2D eigenvalue weighted by Gasteiger charge is 2.27. The van der Waals surface area contributed by atoms with Crippen molar-refractivity contribution in [2.75, 3.05) is 0 Å². The molecule has 0 fully saturated rings. The van der Waals surface area contributed by atoms with Crippen LogP contribution in [0.3, 0.4) is 0 Å². The van der Waals surface area contributed by atoms with Gasteiger partial charge in [0.25, 0.3) is 0 Å². The van der Waals surface area contributed by atoms with Crippen molar-refractivity contribution in [3.05, 3.63) is 131 Å². The molecule has 0 bridgehead atoms. The van der Waals surface area contributed by atoms with Crippen LogP contribution in [0.1, 0.15) is 43.5 Å². The molecule has 0 aliphatic carbocycles. The number of H-pyrrole nitrogens is 2. The lowest BCUT2D eigenvalue weighted by molar-refractivity contribution is 0.102. The van der Waals surface area contributed by atoms with E-state index < -0.39 is 0 Å².